The van der Waals surface area contributed by atoms with Gasteiger partial charge < -0.3 is 29.8 Å². The van der Waals surface area contributed by atoms with E-state index < -0.39 is 5.92 Å². The number of carbonyl (C=O) groups excluding carboxylic acids is 2. The van der Waals surface area contributed by atoms with Gasteiger partial charge in [0.2, 0.25) is 5.91 Å². The highest BCUT2D eigenvalue weighted by molar-refractivity contribution is 6.09. The molecule has 4 rings (SSSR count). The second kappa shape index (κ2) is 11.2. The van der Waals surface area contributed by atoms with Crippen molar-refractivity contribution in [3.8, 4) is 17.0 Å². The molecule has 1 aliphatic rings. The third-order valence-electron chi connectivity index (χ3n) is 6.04. The minimum absolute atomic E-state index is 0.107. The molecule has 0 fully saturated rings. The molecule has 2 heterocycles. The Labute approximate surface area is 204 Å². The van der Waals surface area contributed by atoms with E-state index >= 15 is 0 Å². The van der Waals surface area contributed by atoms with Crippen molar-refractivity contribution in [1.29, 1.82) is 0 Å². The lowest BCUT2D eigenvalue weighted by atomic mass is 9.85. The average Bonchev–Trinajstić information content (AvgIpc) is 3.23. The van der Waals surface area contributed by atoms with E-state index in [1.54, 1.807) is 26.6 Å². The summed E-state index contributed by atoms with van der Waals surface area (Å²) in [7, 11) is 3.25. The number of H-pyrrole nitrogens is 1. The Morgan fingerprint density at radius 3 is 2.77 bits per heavy atom. The normalized spacial score (nSPS) is 14.9. The molecule has 184 valence electrons. The summed E-state index contributed by atoms with van der Waals surface area (Å²) in [5.74, 6) is -0.197. The molecular weight excluding hydrogens is 448 g/mol. The van der Waals surface area contributed by atoms with Gasteiger partial charge in [-0.3, -0.25) is 14.6 Å². The number of Topliss-reactive ketones (excluding diaryl/α,β-unsaturated/α-hetero) is 1. The van der Waals surface area contributed by atoms with Gasteiger partial charge >= 0.3 is 0 Å². The van der Waals surface area contributed by atoms with Gasteiger partial charge in [0, 0.05) is 56.7 Å². The van der Waals surface area contributed by atoms with Crippen molar-refractivity contribution in [3.63, 3.8) is 0 Å². The van der Waals surface area contributed by atoms with Crippen LogP contribution in [0, 0.1) is 5.92 Å². The first-order valence-corrected chi connectivity index (χ1v) is 11.6. The molecule has 0 aliphatic heterocycles. The van der Waals surface area contributed by atoms with Crippen molar-refractivity contribution in [3.05, 3.63) is 60.0 Å². The van der Waals surface area contributed by atoms with Gasteiger partial charge in [0.05, 0.1) is 42.3 Å². The largest absolute Gasteiger partial charge is 0.489 e. The Kier molecular flexibility index (Phi) is 7.79. The van der Waals surface area contributed by atoms with E-state index in [4.69, 9.17) is 9.47 Å². The maximum atomic E-state index is 13.4. The molecule has 9 heteroatoms. The zero-order valence-electron chi connectivity index (χ0n) is 19.9. The minimum Gasteiger partial charge on any atom is -0.489 e. The van der Waals surface area contributed by atoms with Crippen molar-refractivity contribution in [1.82, 2.24) is 14.9 Å². The molecule has 35 heavy (non-hydrogen) atoms. The van der Waals surface area contributed by atoms with E-state index in [-0.39, 0.29) is 31.3 Å². The van der Waals surface area contributed by atoms with Gasteiger partial charge in [-0.15, -0.1) is 0 Å². The number of aliphatic hydroxyl groups is 1. The smallest absolute Gasteiger partial charge is 0.226 e. The Morgan fingerprint density at radius 1 is 1.23 bits per heavy atom. The molecule has 0 saturated heterocycles. The zero-order chi connectivity index (χ0) is 24.8. The number of nitrogens with zero attached hydrogens (tertiary/aromatic N) is 2. The predicted molar refractivity (Wildman–Crippen MR) is 132 cm³/mol. The number of carbonyl (C=O) groups is 2. The lowest BCUT2D eigenvalue weighted by Gasteiger charge is -2.26. The van der Waals surface area contributed by atoms with Crippen LogP contribution in [0.2, 0.25) is 0 Å². The van der Waals surface area contributed by atoms with Crippen LogP contribution in [0.15, 0.2) is 48.8 Å². The standard InChI is InChI=1S/C26H30N4O5/c1-30(10-11-31)26(33)17-14-20-23(21(32)15-17)25(28-18-6-4-3-5-7-18)24(29-20)19-8-9-27-16-22(19)35-13-12-34-2/h3-9,16-17,28-29,31H,10-15H2,1-2H3. The van der Waals surface area contributed by atoms with Crippen LogP contribution in [-0.4, -0.2) is 72.2 Å². The number of likely N-dealkylation sites (N-methyl/N-ethyl adjacent to an activating group) is 1. The fraction of sp³-hybridized carbons (Fsp3) is 0.346. The van der Waals surface area contributed by atoms with Crippen LogP contribution in [0.4, 0.5) is 11.4 Å². The molecule has 0 spiro atoms. The van der Waals surface area contributed by atoms with Crippen LogP contribution in [0.3, 0.4) is 0 Å². The van der Waals surface area contributed by atoms with E-state index in [0.717, 1.165) is 11.3 Å². The first-order chi connectivity index (χ1) is 17.0. The number of methoxy groups -OCH3 is 1. The lowest BCUT2D eigenvalue weighted by Crippen LogP contribution is -2.38. The van der Waals surface area contributed by atoms with E-state index in [2.05, 4.69) is 15.3 Å². The predicted octanol–water partition coefficient (Wildman–Crippen LogP) is 3.04. The minimum atomic E-state index is -0.488. The van der Waals surface area contributed by atoms with Crippen molar-refractivity contribution in [2.45, 2.75) is 12.8 Å². The summed E-state index contributed by atoms with van der Waals surface area (Å²) >= 11 is 0. The van der Waals surface area contributed by atoms with Crippen molar-refractivity contribution in [2.75, 3.05) is 45.8 Å². The number of hydrogen-bond acceptors (Lipinski definition) is 7. The molecule has 3 aromatic rings. The van der Waals surface area contributed by atoms with Gasteiger partial charge in [-0.25, -0.2) is 0 Å². The maximum Gasteiger partial charge on any atom is 0.226 e. The monoisotopic (exact) mass is 478 g/mol. The zero-order valence-corrected chi connectivity index (χ0v) is 19.9. The summed E-state index contributed by atoms with van der Waals surface area (Å²) in [4.78, 5) is 35.4. The summed E-state index contributed by atoms with van der Waals surface area (Å²) in [6, 6.07) is 11.4. The SMILES string of the molecule is COCCOc1cnccc1-c1[nH]c2c(c1Nc1ccccc1)C(=O)CC(C(=O)N(C)CCO)C2. The molecule has 0 bridgehead atoms. The number of anilines is 2. The Balaban J connectivity index is 1.76. The van der Waals surface area contributed by atoms with E-state index in [0.29, 0.717) is 48.0 Å². The van der Waals surface area contributed by atoms with Gasteiger partial charge in [0.15, 0.2) is 5.78 Å². The van der Waals surface area contributed by atoms with Crippen LogP contribution >= 0.6 is 0 Å². The third-order valence-corrected chi connectivity index (χ3v) is 6.04. The van der Waals surface area contributed by atoms with E-state index in [1.165, 1.54) is 4.90 Å². The number of benzene rings is 1. The lowest BCUT2D eigenvalue weighted by molar-refractivity contribution is -0.134. The fourth-order valence-electron chi connectivity index (χ4n) is 4.33. The highest BCUT2D eigenvalue weighted by atomic mass is 16.5. The molecule has 9 nitrogen and oxygen atoms in total. The quantitative estimate of drug-likeness (QED) is 0.384. The second-order valence-corrected chi connectivity index (χ2v) is 8.44. The van der Waals surface area contributed by atoms with Crippen LogP contribution < -0.4 is 10.1 Å². The molecule has 0 radical (unpaired) electrons. The van der Waals surface area contributed by atoms with Gasteiger partial charge in [-0.05, 0) is 18.2 Å². The van der Waals surface area contributed by atoms with Crippen LogP contribution in [0.5, 0.6) is 5.75 Å². The third kappa shape index (κ3) is 5.36. The van der Waals surface area contributed by atoms with Crippen LogP contribution in [-0.2, 0) is 16.0 Å². The Hall–Kier alpha value is -3.69. The highest BCUT2D eigenvalue weighted by Gasteiger charge is 2.36. The number of fused-ring (bicyclic) bond motifs is 1. The van der Waals surface area contributed by atoms with E-state index in [1.807, 2.05) is 36.4 Å². The number of para-hydroxylation sites is 1. The molecule has 1 aromatic carbocycles. The Bertz CT molecular complexity index is 1180. The summed E-state index contributed by atoms with van der Waals surface area (Å²) in [5, 5.41) is 12.6. The number of aliphatic hydroxyl groups excluding tert-OH is 1. The number of hydrogen-bond donors (Lipinski definition) is 3. The van der Waals surface area contributed by atoms with E-state index in [9.17, 15) is 14.7 Å². The van der Waals surface area contributed by atoms with Gasteiger partial charge in [0.25, 0.3) is 0 Å². The summed E-state index contributed by atoms with van der Waals surface area (Å²) in [6.45, 7) is 0.879. The molecule has 1 amide bonds. The average molecular weight is 479 g/mol. The van der Waals surface area contributed by atoms with Crippen LogP contribution in [0.25, 0.3) is 11.3 Å². The van der Waals surface area contributed by atoms with Crippen LogP contribution in [0.1, 0.15) is 22.5 Å². The molecule has 1 unspecified atom stereocenters. The van der Waals surface area contributed by atoms with Gasteiger partial charge in [0.1, 0.15) is 12.4 Å². The number of aromatic nitrogens is 2. The fourth-order valence-corrected chi connectivity index (χ4v) is 4.33. The molecule has 3 N–H and O–H groups in total. The molecule has 2 aromatic heterocycles. The number of ether oxygens (including phenoxy) is 2. The van der Waals surface area contributed by atoms with Gasteiger partial charge in [-0.2, -0.15) is 0 Å². The number of pyridine rings is 1. The number of amides is 1. The van der Waals surface area contributed by atoms with Crippen molar-refractivity contribution < 1.29 is 24.2 Å². The first kappa shape index (κ1) is 24.4. The number of rotatable bonds is 10. The summed E-state index contributed by atoms with van der Waals surface area (Å²) in [6.07, 6.45) is 3.80. The first-order valence-electron chi connectivity index (χ1n) is 11.6. The molecule has 1 atom stereocenters. The number of ketones is 1. The second-order valence-electron chi connectivity index (χ2n) is 8.44. The van der Waals surface area contributed by atoms with Crippen molar-refractivity contribution >= 4 is 23.1 Å². The topological polar surface area (TPSA) is 117 Å². The number of aromatic amines is 1. The summed E-state index contributed by atoms with van der Waals surface area (Å²) in [5.41, 5.74) is 4.17. The summed E-state index contributed by atoms with van der Waals surface area (Å²) < 4.78 is 11.0. The molecular formula is C26H30N4O5. The van der Waals surface area contributed by atoms with Crippen molar-refractivity contribution in [2.24, 2.45) is 5.92 Å². The highest BCUT2D eigenvalue weighted by Crippen LogP contribution is 2.42. The molecule has 1 aliphatic carbocycles. The Morgan fingerprint density at radius 2 is 2.03 bits per heavy atom. The maximum absolute atomic E-state index is 13.4. The van der Waals surface area contributed by atoms with Gasteiger partial charge in [-0.1, -0.05) is 18.2 Å². The molecule has 0 saturated carbocycles. The number of nitrogens with one attached hydrogen (secondary N) is 2.